The van der Waals surface area contributed by atoms with Crippen molar-refractivity contribution in [3.63, 3.8) is 0 Å². The van der Waals surface area contributed by atoms with Gasteiger partial charge in [-0.05, 0) is 19.3 Å². The fourth-order valence-electron chi connectivity index (χ4n) is 1.18. The molecule has 0 saturated carbocycles. The molecule has 0 radical (unpaired) electrons. The first-order valence-corrected chi connectivity index (χ1v) is 4.33. The number of hydrogen-bond donors (Lipinski definition) is 1. The number of carbonyl (C=O) groups is 1. The first kappa shape index (κ1) is 11.7. The second kappa shape index (κ2) is 4.66. The minimum atomic E-state index is -1.01. The van der Waals surface area contributed by atoms with Crippen LogP contribution in [0.25, 0.3) is 0 Å². The summed E-state index contributed by atoms with van der Waals surface area (Å²) in [6, 6.07) is 2.18. The van der Waals surface area contributed by atoms with E-state index in [0.717, 1.165) is 0 Å². The number of rotatable bonds is 5. The molecular weight excluding hydrogens is 166 g/mol. The van der Waals surface area contributed by atoms with E-state index in [0.29, 0.717) is 12.8 Å². The van der Waals surface area contributed by atoms with Crippen LogP contribution in [0.15, 0.2) is 12.2 Å². The van der Waals surface area contributed by atoms with E-state index in [1.807, 2.05) is 13.8 Å². The van der Waals surface area contributed by atoms with Crippen LogP contribution in [0.2, 0.25) is 0 Å². The molecule has 0 aromatic rings. The first-order chi connectivity index (χ1) is 6.01. The van der Waals surface area contributed by atoms with E-state index in [4.69, 9.17) is 10.4 Å². The lowest BCUT2D eigenvalue weighted by atomic mass is 9.78. The summed E-state index contributed by atoms with van der Waals surface area (Å²) in [7, 11) is 0. The highest BCUT2D eigenvalue weighted by Gasteiger charge is 2.28. The minimum Gasteiger partial charge on any atom is -0.478 e. The van der Waals surface area contributed by atoms with Crippen molar-refractivity contribution < 1.29 is 9.90 Å². The van der Waals surface area contributed by atoms with Crippen molar-refractivity contribution in [1.29, 1.82) is 5.26 Å². The average Bonchev–Trinajstić information content (AvgIpc) is 2.14. The molecule has 72 valence electrons. The second-order valence-corrected chi connectivity index (χ2v) is 3.18. The lowest BCUT2D eigenvalue weighted by Crippen LogP contribution is -2.19. The van der Waals surface area contributed by atoms with E-state index < -0.39 is 11.4 Å². The topological polar surface area (TPSA) is 61.1 Å². The molecule has 0 saturated heterocycles. The fraction of sp³-hybridized carbons (Fsp3) is 0.600. The summed E-state index contributed by atoms with van der Waals surface area (Å²) < 4.78 is 0. The number of nitrogens with zero attached hydrogens (tertiary/aromatic N) is 1. The van der Waals surface area contributed by atoms with Crippen molar-refractivity contribution in [1.82, 2.24) is 0 Å². The number of carboxylic acid groups (broad SMARTS) is 1. The third-order valence-corrected chi connectivity index (χ3v) is 2.44. The molecule has 3 heteroatoms. The van der Waals surface area contributed by atoms with Crippen LogP contribution in [-0.2, 0) is 4.79 Å². The predicted octanol–water partition coefficient (Wildman–Crippen LogP) is 2.35. The van der Waals surface area contributed by atoms with Crippen molar-refractivity contribution in [2.24, 2.45) is 5.41 Å². The molecule has 0 fully saturated rings. The molecule has 0 aliphatic rings. The molecule has 0 aromatic carbocycles. The molecule has 0 aromatic heterocycles. The van der Waals surface area contributed by atoms with Gasteiger partial charge in [-0.1, -0.05) is 20.4 Å². The Bertz CT molecular complexity index is 246. The van der Waals surface area contributed by atoms with E-state index in [-0.39, 0.29) is 12.0 Å². The Kier molecular flexibility index (Phi) is 4.19. The Morgan fingerprint density at radius 3 is 2.23 bits per heavy atom. The van der Waals surface area contributed by atoms with Gasteiger partial charge < -0.3 is 5.11 Å². The third kappa shape index (κ3) is 2.90. The Labute approximate surface area is 78.7 Å². The zero-order valence-corrected chi connectivity index (χ0v) is 8.13. The van der Waals surface area contributed by atoms with Crippen molar-refractivity contribution in [3.8, 4) is 6.07 Å². The van der Waals surface area contributed by atoms with Crippen LogP contribution in [0.4, 0.5) is 0 Å². The van der Waals surface area contributed by atoms with Gasteiger partial charge in [-0.3, -0.25) is 0 Å². The fourth-order valence-corrected chi connectivity index (χ4v) is 1.18. The molecule has 0 bridgehead atoms. The normalized spacial score (nSPS) is 10.5. The van der Waals surface area contributed by atoms with Gasteiger partial charge in [-0.25, -0.2) is 4.79 Å². The molecule has 0 rings (SSSR count). The molecule has 13 heavy (non-hydrogen) atoms. The summed E-state index contributed by atoms with van der Waals surface area (Å²) in [6.07, 6.45) is 1.57. The monoisotopic (exact) mass is 181 g/mol. The van der Waals surface area contributed by atoms with Crippen LogP contribution in [-0.4, -0.2) is 11.1 Å². The predicted molar refractivity (Wildman–Crippen MR) is 50.0 cm³/mol. The zero-order valence-electron chi connectivity index (χ0n) is 8.13. The van der Waals surface area contributed by atoms with Gasteiger partial charge in [-0.2, -0.15) is 5.26 Å². The Hall–Kier alpha value is -1.30. The van der Waals surface area contributed by atoms with Gasteiger partial charge in [0.1, 0.15) is 0 Å². The van der Waals surface area contributed by atoms with Gasteiger partial charge in [0.05, 0.1) is 11.5 Å². The number of nitriles is 1. The van der Waals surface area contributed by atoms with Crippen molar-refractivity contribution in [3.05, 3.63) is 12.2 Å². The van der Waals surface area contributed by atoms with Gasteiger partial charge in [0, 0.05) is 5.57 Å². The molecule has 0 aliphatic carbocycles. The van der Waals surface area contributed by atoms with Crippen LogP contribution < -0.4 is 0 Å². The lowest BCUT2D eigenvalue weighted by Gasteiger charge is -2.22. The molecule has 0 aliphatic heterocycles. The summed E-state index contributed by atoms with van der Waals surface area (Å²) in [5, 5.41) is 17.5. The van der Waals surface area contributed by atoms with Crippen molar-refractivity contribution >= 4 is 5.97 Å². The van der Waals surface area contributed by atoms with Crippen LogP contribution in [0, 0.1) is 16.7 Å². The van der Waals surface area contributed by atoms with Crippen LogP contribution in [0.5, 0.6) is 0 Å². The van der Waals surface area contributed by atoms with Crippen LogP contribution in [0.3, 0.4) is 0 Å². The van der Waals surface area contributed by atoms with E-state index >= 15 is 0 Å². The van der Waals surface area contributed by atoms with Gasteiger partial charge in [-0.15, -0.1) is 0 Å². The minimum absolute atomic E-state index is 0.116. The summed E-state index contributed by atoms with van der Waals surface area (Å²) in [5.74, 6) is -1.01. The van der Waals surface area contributed by atoms with E-state index in [1.165, 1.54) is 0 Å². The standard InChI is InChI=1S/C10H15NO2/c1-4-10(5-2,7-11)6-8(3)9(12)13/h3-6H2,1-2H3,(H,12,13). The molecular formula is C10H15NO2. The van der Waals surface area contributed by atoms with Gasteiger partial charge in [0.2, 0.25) is 0 Å². The second-order valence-electron chi connectivity index (χ2n) is 3.18. The van der Waals surface area contributed by atoms with E-state index in [9.17, 15) is 4.79 Å². The van der Waals surface area contributed by atoms with Crippen molar-refractivity contribution in [2.45, 2.75) is 33.1 Å². The molecule has 0 atom stereocenters. The van der Waals surface area contributed by atoms with Crippen LogP contribution in [0.1, 0.15) is 33.1 Å². The van der Waals surface area contributed by atoms with E-state index in [1.54, 1.807) is 0 Å². The molecule has 0 spiro atoms. The maximum absolute atomic E-state index is 10.5. The highest BCUT2D eigenvalue weighted by atomic mass is 16.4. The average molecular weight is 181 g/mol. The highest BCUT2D eigenvalue weighted by molar-refractivity contribution is 5.85. The molecule has 0 heterocycles. The van der Waals surface area contributed by atoms with Crippen LogP contribution >= 0.6 is 0 Å². The quantitative estimate of drug-likeness (QED) is 0.662. The Morgan fingerprint density at radius 1 is 1.54 bits per heavy atom. The maximum Gasteiger partial charge on any atom is 0.331 e. The Balaban J connectivity index is 4.54. The lowest BCUT2D eigenvalue weighted by molar-refractivity contribution is -0.133. The maximum atomic E-state index is 10.5. The largest absolute Gasteiger partial charge is 0.478 e. The van der Waals surface area contributed by atoms with Gasteiger partial charge >= 0.3 is 5.97 Å². The molecule has 1 N–H and O–H groups in total. The first-order valence-electron chi connectivity index (χ1n) is 4.33. The molecule has 0 unspecified atom stereocenters. The number of carboxylic acids is 1. The third-order valence-electron chi connectivity index (χ3n) is 2.44. The summed E-state index contributed by atoms with van der Waals surface area (Å²) in [5.41, 5.74) is -0.430. The SMILES string of the molecule is C=C(CC(C#N)(CC)CC)C(=O)O. The van der Waals surface area contributed by atoms with Gasteiger partial charge in [0.25, 0.3) is 0 Å². The zero-order chi connectivity index (χ0) is 10.5. The van der Waals surface area contributed by atoms with Gasteiger partial charge in [0.15, 0.2) is 0 Å². The summed E-state index contributed by atoms with van der Waals surface area (Å²) >= 11 is 0. The molecule has 3 nitrogen and oxygen atoms in total. The summed E-state index contributed by atoms with van der Waals surface area (Å²) in [6.45, 7) is 7.21. The van der Waals surface area contributed by atoms with E-state index in [2.05, 4.69) is 12.6 Å². The Morgan fingerprint density at radius 2 is 2.00 bits per heavy atom. The molecule has 0 amide bonds. The smallest absolute Gasteiger partial charge is 0.331 e. The summed E-state index contributed by atoms with van der Waals surface area (Å²) in [4.78, 5) is 10.5. The number of aliphatic carboxylic acids is 1. The number of hydrogen-bond acceptors (Lipinski definition) is 2. The highest BCUT2D eigenvalue weighted by Crippen LogP contribution is 2.32. The van der Waals surface area contributed by atoms with Crippen molar-refractivity contribution in [2.75, 3.05) is 0 Å².